The van der Waals surface area contributed by atoms with Crippen LogP contribution in [0.25, 0.3) is 0 Å². The first-order valence-electron chi connectivity index (χ1n) is 7.17. The molecule has 114 valence electrons. The number of nitro benzene ring substituents is 1. The van der Waals surface area contributed by atoms with Crippen molar-refractivity contribution in [1.82, 2.24) is 4.90 Å². The highest BCUT2D eigenvalue weighted by atomic mass is 127. The summed E-state index contributed by atoms with van der Waals surface area (Å²) >= 11 is 2.08. The number of fused-ring (bicyclic) bond motifs is 1. The van der Waals surface area contributed by atoms with Crippen molar-refractivity contribution in [2.75, 3.05) is 31.6 Å². The van der Waals surface area contributed by atoms with Crippen LogP contribution in [0.3, 0.4) is 0 Å². The third kappa shape index (κ3) is 3.46. The van der Waals surface area contributed by atoms with E-state index in [4.69, 9.17) is 4.74 Å². The first-order valence-corrected chi connectivity index (χ1v) is 8.25. The number of halogens is 1. The molecule has 2 aliphatic rings. The largest absolute Gasteiger partial charge is 0.377 e. The molecule has 0 spiro atoms. The second-order valence-electron chi connectivity index (χ2n) is 5.55. The summed E-state index contributed by atoms with van der Waals surface area (Å²) in [4.78, 5) is 13.2. The van der Waals surface area contributed by atoms with Gasteiger partial charge in [0.2, 0.25) is 0 Å². The number of nitrogens with one attached hydrogen (secondary N) is 1. The van der Waals surface area contributed by atoms with Crippen molar-refractivity contribution in [2.45, 2.75) is 25.0 Å². The number of benzene rings is 1. The lowest BCUT2D eigenvalue weighted by Gasteiger charge is -2.35. The lowest BCUT2D eigenvalue weighted by molar-refractivity contribution is -0.384. The number of anilines is 1. The van der Waals surface area contributed by atoms with E-state index in [0.717, 1.165) is 23.3 Å². The van der Waals surface area contributed by atoms with Gasteiger partial charge >= 0.3 is 0 Å². The molecule has 21 heavy (non-hydrogen) atoms. The number of rotatable bonds is 4. The summed E-state index contributed by atoms with van der Waals surface area (Å²) < 4.78 is 6.72. The molecule has 1 aromatic carbocycles. The smallest absolute Gasteiger partial charge is 0.293 e. The number of nitrogens with zero attached hydrogens (tertiary/aromatic N) is 2. The highest BCUT2D eigenvalue weighted by molar-refractivity contribution is 14.1. The number of hydrogen-bond donors (Lipinski definition) is 1. The van der Waals surface area contributed by atoms with E-state index >= 15 is 0 Å². The Morgan fingerprint density at radius 3 is 3.19 bits per heavy atom. The number of ether oxygens (including phenoxy) is 1. The minimum absolute atomic E-state index is 0.0956. The molecule has 1 aromatic rings. The standard InChI is InChI=1S/C14H18IN3O3/c15-10-3-4-13(14(6-10)18(19)20)16-7-12-8-17-5-1-2-11(17)9-21-12/h3-4,6,11-12,16H,1-2,5,7-9H2. The topological polar surface area (TPSA) is 67.6 Å². The predicted octanol–water partition coefficient (Wildman–Crippen LogP) is 2.47. The van der Waals surface area contributed by atoms with Gasteiger partial charge < -0.3 is 10.1 Å². The van der Waals surface area contributed by atoms with Crippen LogP contribution in [0, 0.1) is 13.7 Å². The van der Waals surface area contributed by atoms with Crippen LogP contribution in [-0.4, -0.2) is 48.2 Å². The maximum absolute atomic E-state index is 11.1. The zero-order valence-corrected chi connectivity index (χ0v) is 13.8. The van der Waals surface area contributed by atoms with E-state index in [1.165, 1.54) is 12.8 Å². The molecule has 2 unspecified atom stereocenters. The van der Waals surface area contributed by atoms with Gasteiger partial charge in [0.05, 0.1) is 17.6 Å². The van der Waals surface area contributed by atoms with Crippen LogP contribution < -0.4 is 5.32 Å². The third-order valence-electron chi connectivity index (χ3n) is 4.14. The van der Waals surface area contributed by atoms with Crippen molar-refractivity contribution < 1.29 is 9.66 Å². The van der Waals surface area contributed by atoms with E-state index in [1.807, 2.05) is 6.07 Å². The average Bonchev–Trinajstić information content (AvgIpc) is 2.93. The summed E-state index contributed by atoms with van der Waals surface area (Å²) in [5, 5.41) is 14.3. The molecule has 2 fully saturated rings. The fourth-order valence-electron chi connectivity index (χ4n) is 3.04. The van der Waals surface area contributed by atoms with Crippen molar-refractivity contribution in [3.05, 3.63) is 31.9 Å². The van der Waals surface area contributed by atoms with Crippen molar-refractivity contribution in [2.24, 2.45) is 0 Å². The molecule has 0 amide bonds. The lowest BCUT2D eigenvalue weighted by atomic mass is 10.2. The zero-order valence-electron chi connectivity index (χ0n) is 11.6. The van der Waals surface area contributed by atoms with Crippen molar-refractivity contribution >= 4 is 34.0 Å². The summed E-state index contributed by atoms with van der Waals surface area (Å²) in [5.41, 5.74) is 0.685. The van der Waals surface area contributed by atoms with Gasteiger partial charge in [0, 0.05) is 28.8 Å². The predicted molar refractivity (Wildman–Crippen MR) is 88.6 cm³/mol. The molecule has 3 rings (SSSR count). The van der Waals surface area contributed by atoms with Crippen LogP contribution in [0.15, 0.2) is 18.2 Å². The third-order valence-corrected chi connectivity index (χ3v) is 4.81. The van der Waals surface area contributed by atoms with E-state index in [1.54, 1.807) is 12.1 Å². The summed E-state index contributed by atoms with van der Waals surface area (Å²) in [7, 11) is 0. The minimum Gasteiger partial charge on any atom is -0.377 e. The zero-order chi connectivity index (χ0) is 14.8. The van der Waals surface area contributed by atoms with Crippen LogP contribution in [0.5, 0.6) is 0 Å². The maximum Gasteiger partial charge on any atom is 0.293 e. The Balaban J connectivity index is 1.61. The summed E-state index contributed by atoms with van der Waals surface area (Å²) in [6, 6.07) is 5.80. The van der Waals surface area contributed by atoms with E-state index < -0.39 is 0 Å². The normalized spacial score (nSPS) is 25.6. The van der Waals surface area contributed by atoms with Gasteiger partial charge in [-0.15, -0.1) is 0 Å². The van der Waals surface area contributed by atoms with E-state index in [9.17, 15) is 10.1 Å². The molecule has 1 N–H and O–H groups in total. The minimum atomic E-state index is -0.345. The molecular formula is C14H18IN3O3. The first-order chi connectivity index (χ1) is 10.1. The van der Waals surface area contributed by atoms with Crippen molar-refractivity contribution in [3.8, 4) is 0 Å². The SMILES string of the molecule is O=[N+]([O-])c1cc(I)ccc1NCC1CN2CCCC2CO1. The van der Waals surface area contributed by atoms with Crippen LogP contribution in [0.4, 0.5) is 11.4 Å². The molecule has 0 bridgehead atoms. The molecule has 0 radical (unpaired) electrons. The van der Waals surface area contributed by atoms with Gasteiger partial charge in [-0.25, -0.2) is 0 Å². The summed E-state index contributed by atoms with van der Waals surface area (Å²) in [5.74, 6) is 0. The van der Waals surface area contributed by atoms with E-state index in [2.05, 4.69) is 32.8 Å². The molecule has 0 saturated carbocycles. The fourth-order valence-corrected chi connectivity index (χ4v) is 3.51. The maximum atomic E-state index is 11.1. The Morgan fingerprint density at radius 1 is 1.52 bits per heavy atom. The van der Waals surface area contributed by atoms with Gasteiger partial charge in [-0.05, 0) is 54.1 Å². The Hall–Kier alpha value is -0.930. The molecule has 2 heterocycles. The molecule has 7 heteroatoms. The van der Waals surface area contributed by atoms with Crippen LogP contribution >= 0.6 is 22.6 Å². The van der Waals surface area contributed by atoms with Gasteiger partial charge in [-0.2, -0.15) is 0 Å². The second-order valence-corrected chi connectivity index (χ2v) is 6.79. The molecule has 2 saturated heterocycles. The monoisotopic (exact) mass is 403 g/mol. The molecule has 0 aliphatic carbocycles. The molecular weight excluding hydrogens is 385 g/mol. The highest BCUT2D eigenvalue weighted by Crippen LogP contribution is 2.27. The van der Waals surface area contributed by atoms with Crippen LogP contribution in [0.1, 0.15) is 12.8 Å². The number of hydrogen-bond acceptors (Lipinski definition) is 5. The van der Waals surface area contributed by atoms with Crippen LogP contribution in [-0.2, 0) is 4.74 Å². The first kappa shape index (κ1) is 15.0. The Bertz CT molecular complexity index is 540. The fraction of sp³-hybridized carbons (Fsp3) is 0.571. The Labute approximate surface area is 137 Å². The molecule has 2 atom stereocenters. The van der Waals surface area contributed by atoms with E-state index in [-0.39, 0.29) is 16.7 Å². The lowest BCUT2D eigenvalue weighted by Crippen LogP contribution is -2.48. The van der Waals surface area contributed by atoms with Gasteiger partial charge in [0.1, 0.15) is 5.69 Å². The number of morpholine rings is 1. The quantitative estimate of drug-likeness (QED) is 0.476. The highest BCUT2D eigenvalue weighted by Gasteiger charge is 2.32. The molecule has 0 aromatic heterocycles. The average molecular weight is 403 g/mol. The number of nitro groups is 1. The van der Waals surface area contributed by atoms with Gasteiger partial charge in [0.15, 0.2) is 0 Å². The summed E-state index contributed by atoms with van der Waals surface area (Å²) in [6.45, 7) is 3.44. The van der Waals surface area contributed by atoms with Gasteiger partial charge in [-0.3, -0.25) is 15.0 Å². The molecule has 2 aliphatic heterocycles. The second kappa shape index (κ2) is 6.45. The Morgan fingerprint density at radius 2 is 2.38 bits per heavy atom. The van der Waals surface area contributed by atoms with Gasteiger partial charge in [0.25, 0.3) is 5.69 Å². The van der Waals surface area contributed by atoms with Gasteiger partial charge in [-0.1, -0.05) is 0 Å². The molecule has 6 nitrogen and oxygen atoms in total. The van der Waals surface area contributed by atoms with E-state index in [0.29, 0.717) is 18.3 Å². The van der Waals surface area contributed by atoms with Crippen molar-refractivity contribution in [3.63, 3.8) is 0 Å². The summed E-state index contributed by atoms with van der Waals surface area (Å²) in [6.07, 6.45) is 2.57. The Kier molecular flexibility index (Phi) is 4.60. The van der Waals surface area contributed by atoms with Crippen LogP contribution in [0.2, 0.25) is 0 Å². The van der Waals surface area contributed by atoms with Crippen molar-refractivity contribution in [1.29, 1.82) is 0 Å².